The Balaban J connectivity index is 2.03. The number of carbonyl (C=O) groups is 2. The molecule has 9 heteroatoms. The van der Waals surface area contributed by atoms with E-state index in [1.54, 1.807) is 51.4 Å². The minimum atomic E-state index is -0.602. The molecule has 3 amide bonds. The minimum absolute atomic E-state index is 0.0449. The van der Waals surface area contributed by atoms with E-state index in [0.717, 1.165) is 0 Å². The third-order valence-electron chi connectivity index (χ3n) is 3.16. The lowest BCUT2D eigenvalue weighted by molar-refractivity contribution is -0.127. The number of nitrogens with zero attached hydrogens (tertiary/aromatic N) is 4. The number of aryl methyl sites for hydroxylation is 1. The van der Waals surface area contributed by atoms with Crippen LogP contribution in [-0.2, 0) is 4.79 Å². The number of carbonyl (C=O) groups excluding carboxylic acids is 2. The molecule has 0 aliphatic heterocycles. The molecule has 0 unspecified atom stereocenters. The maximum absolute atomic E-state index is 11.8. The lowest BCUT2D eigenvalue weighted by Crippen LogP contribution is -2.38. The van der Waals surface area contributed by atoms with Gasteiger partial charge < -0.3 is 15.0 Å². The molecule has 0 fully saturated rings. The van der Waals surface area contributed by atoms with Gasteiger partial charge in [-0.2, -0.15) is 10.2 Å². The van der Waals surface area contributed by atoms with E-state index >= 15 is 0 Å². The number of urea groups is 1. The first kappa shape index (κ1) is 18.7. The van der Waals surface area contributed by atoms with Crippen molar-refractivity contribution >= 4 is 17.9 Å². The van der Waals surface area contributed by atoms with Gasteiger partial charge in [0.25, 0.3) is 0 Å². The van der Waals surface area contributed by atoms with Crippen molar-refractivity contribution in [2.75, 3.05) is 26.0 Å². The molecule has 0 spiro atoms. The SMILES string of the molecule is Cc1cc(Oc2ccc(C#N)cc2)nc(NC(=O)NCC(=O)N(C)C)n1. The molecule has 0 atom stereocenters. The number of nitriles is 1. The number of anilines is 1. The Morgan fingerprint density at radius 3 is 2.54 bits per heavy atom. The van der Waals surface area contributed by atoms with Crippen LogP contribution in [0.4, 0.5) is 10.7 Å². The molecule has 9 nitrogen and oxygen atoms in total. The molecule has 0 radical (unpaired) electrons. The van der Waals surface area contributed by atoms with Crippen LogP contribution in [0.5, 0.6) is 11.6 Å². The van der Waals surface area contributed by atoms with Crippen molar-refractivity contribution in [1.82, 2.24) is 20.2 Å². The second kappa shape index (κ2) is 8.43. The molecule has 0 aliphatic rings. The average Bonchev–Trinajstić information content (AvgIpc) is 2.59. The lowest BCUT2D eigenvalue weighted by atomic mass is 10.2. The molecule has 1 aromatic heterocycles. The van der Waals surface area contributed by atoms with Crippen LogP contribution in [0.1, 0.15) is 11.3 Å². The number of likely N-dealkylation sites (N-methyl/N-ethyl adjacent to an activating group) is 1. The molecule has 1 heterocycles. The number of hydrogen-bond acceptors (Lipinski definition) is 6. The fraction of sp³-hybridized carbons (Fsp3) is 0.235. The van der Waals surface area contributed by atoms with Gasteiger partial charge in [0, 0.05) is 25.9 Å². The zero-order valence-electron chi connectivity index (χ0n) is 14.6. The van der Waals surface area contributed by atoms with Gasteiger partial charge in [0.15, 0.2) is 0 Å². The van der Waals surface area contributed by atoms with Gasteiger partial charge in [-0.25, -0.2) is 9.78 Å². The number of amides is 3. The summed E-state index contributed by atoms with van der Waals surface area (Å²) in [4.78, 5) is 32.9. The molecule has 0 saturated carbocycles. The smallest absolute Gasteiger partial charge is 0.322 e. The van der Waals surface area contributed by atoms with Gasteiger partial charge in [0.05, 0.1) is 18.2 Å². The summed E-state index contributed by atoms with van der Waals surface area (Å²) in [5.74, 6) is 0.537. The van der Waals surface area contributed by atoms with E-state index in [0.29, 0.717) is 17.0 Å². The number of aromatic nitrogens is 2. The Morgan fingerprint density at radius 1 is 1.23 bits per heavy atom. The van der Waals surface area contributed by atoms with E-state index in [2.05, 4.69) is 20.6 Å². The Hall–Kier alpha value is -3.67. The van der Waals surface area contributed by atoms with Crippen molar-refractivity contribution < 1.29 is 14.3 Å². The fourth-order valence-electron chi connectivity index (χ4n) is 1.83. The molecule has 2 aromatic rings. The van der Waals surface area contributed by atoms with Crippen LogP contribution < -0.4 is 15.4 Å². The van der Waals surface area contributed by atoms with E-state index in [9.17, 15) is 9.59 Å². The monoisotopic (exact) mass is 354 g/mol. The molecular weight excluding hydrogens is 336 g/mol. The zero-order valence-corrected chi connectivity index (χ0v) is 14.6. The molecule has 0 aliphatic carbocycles. The van der Waals surface area contributed by atoms with E-state index in [-0.39, 0.29) is 24.3 Å². The zero-order chi connectivity index (χ0) is 19.1. The van der Waals surface area contributed by atoms with Crippen molar-refractivity contribution in [3.63, 3.8) is 0 Å². The number of hydrogen-bond donors (Lipinski definition) is 2. The number of nitrogens with one attached hydrogen (secondary N) is 2. The van der Waals surface area contributed by atoms with E-state index in [1.165, 1.54) is 4.90 Å². The summed E-state index contributed by atoms with van der Waals surface area (Å²) in [7, 11) is 3.19. The van der Waals surface area contributed by atoms with Gasteiger partial charge in [0.2, 0.25) is 17.7 Å². The number of ether oxygens (including phenoxy) is 1. The van der Waals surface area contributed by atoms with Crippen LogP contribution in [0.15, 0.2) is 30.3 Å². The van der Waals surface area contributed by atoms with Crippen LogP contribution in [0.25, 0.3) is 0 Å². The maximum atomic E-state index is 11.8. The second-order valence-electron chi connectivity index (χ2n) is 5.51. The highest BCUT2D eigenvalue weighted by molar-refractivity contribution is 5.90. The molecule has 0 saturated heterocycles. The van der Waals surface area contributed by atoms with Crippen LogP contribution in [0.3, 0.4) is 0 Å². The lowest BCUT2D eigenvalue weighted by Gasteiger charge is -2.12. The van der Waals surface area contributed by atoms with Crippen LogP contribution >= 0.6 is 0 Å². The summed E-state index contributed by atoms with van der Waals surface area (Å²) in [6.07, 6.45) is 0. The molecule has 26 heavy (non-hydrogen) atoms. The second-order valence-corrected chi connectivity index (χ2v) is 5.51. The predicted octanol–water partition coefficient (Wildman–Crippen LogP) is 1.66. The molecule has 0 bridgehead atoms. The Bertz CT molecular complexity index is 843. The first-order valence-corrected chi connectivity index (χ1v) is 7.66. The number of rotatable bonds is 5. The largest absolute Gasteiger partial charge is 0.439 e. The molecule has 2 N–H and O–H groups in total. The van der Waals surface area contributed by atoms with Crippen LogP contribution in [0.2, 0.25) is 0 Å². The topological polar surface area (TPSA) is 120 Å². The third-order valence-corrected chi connectivity index (χ3v) is 3.16. The van der Waals surface area contributed by atoms with Gasteiger partial charge in [0.1, 0.15) is 5.75 Å². The summed E-state index contributed by atoms with van der Waals surface area (Å²) in [5, 5.41) is 13.7. The predicted molar refractivity (Wildman–Crippen MR) is 93.7 cm³/mol. The van der Waals surface area contributed by atoms with Crippen molar-refractivity contribution in [1.29, 1.82) is 5.26 Å². The summed E-state index contributed by atoms with van der Waals surface area (Å²) in [6.45, 7) is 1.59. The molecule has 2 rings (SSSR count). The number of benzene rings is 1. The van der Waals surface area contributed by atoms with Gasteiger partial charge in [-0.05, 0) is 31.2 Å². The highest BCUT2D eigenvalue weighted by Gasteiger charge is 2.10. The first-order chi connectivity index (χ1) is 12.4. The molecular formula is C17H18N6O3. The summed E-state index contributed by atoms with van der Waals surface area (Å²) in [6, 6.07) is 9.56. The van der Waals surface area contributed by atoms with Crippen molar-refractivity contribution in [2.24, 2.45) is 0 Å². The van der Waals surface area contributed by atoms with E-state index < -0.39 is 6.03 Å². The maximum Gasteiger partial charge on any atom is 0.322 e. The minimum Gasteiger partial charge on any atom is -0.439 e. The average molecular weight is 354 g/mol. The summed E-state index contributed by atoms with van der Waals surface area (Å²) >= 11 is 0. The Kier molecular flexibility index (Phi) is 6.06. The van der Waals surface area contributed by atoms with Crippen LogP contribution in [-0.4, -0.2) is 47.4 Å². The fourth-order valence-corrected chi connectivity index (χ4v) is 1.83. The van der Waals surface area contributed by atoms with Crippen molar-refractivity contribution in [3.8, 4) is 17.7 Å². The van der Waals surface area contributed by atoms with Gasteiger partial charge in [-0.3, -0.25) is 10.1 Å². The summed E-state index contributed by atoms with van der Waals surface area (Å²) in [5.41, 5.74) is 1.10. The first-order valence-electron chi connectivity index (χ1n) is 7.66. The van der Waals surface area contributed by atoms with Crippen molar-refractivity contribution in [2.45, 2.75) is 6.92 Å². The standard InChI is InChI=1S/C17H18N6O3/c1-11-8-14(26-13-6-4-12(9-18)5-7-13)21-16(20-11)22-17(25)19-10-15(24)23(2)3/h4-8H,10H2,1-3H3,(H2,19,20,21,22,25). The van der Waals surface area contributed by atoms with Gasteiger partial charge >= 0.3 is 6.03 Å². The molecule has 1 aromatic carbocycles. The Labute approximate surface area is 150 Å². The highest BCUT2D eigenvalue weighted by Crippen LogP contribution is 2.21. The third kappa shape index (κ3) is 5.45. The van der Waals surface area contributed by atoms with Crippen LogP contribution in [0, 0.1) is 18.3 Å². The molecule has 134 valence electrons. The quantitative estimate of drug-likeness (QED) is 0.842. The summed E-state index contributed by atoms with van der Waals surface area (Å²) < 4.78 is 5.62. The van der Waals surface area contributed by atoms with Gasteiger partial charge in [-0.1, -0.05) is 0 Å². The van der Waals surface area contributed by atoms with Gasteiger partial charge in [-0.15, -0.1) is 0 Å². The van der Waals surface area contributed by atoms with Crippen molar-refractivity contribution in [3.05, 3.63) is 41.6 Å². The normalized spacial score (nSPS) is 9.77. The Morgan fingerprint density at radius 2 is 1.92 bits per heavy atom. The van der Waals surface area contributed by atoms with E-state index in [4.69, 9.17) is 10.00 Å². The van der Waals surface area contributed by atoms with E-state index in [1.807, 2.05) is 6.07 Å². The highest BCUT2D eigenvalue weighted by atomic mass is 16.5.